The lowest BCUT2D eigenvalue weighted by atomic mass is 10.3. The molecule has 0 fully saturated rings. The highest BCUT2D eigenvalue weighted by atomic mass is 79.9. The zero-order valence-electron chi connectivity index (χ0n) is 6.76. The molecule has 0 radical (unpaired) electrons. The van der Waals surface area contributed by atoms with Gasteiger partial charge in [0, 0.05) is 10.7 Å². The van der Waals surface area contributed by atoms with E-state index in [0.717, 1.165) is 10.1 Å². The van der Waals surface area contributed by atoms with Gasteiger partial charge in [0.25, 0.3) is 0 Å². The lowest BCUT2D eigenvalue weighted by molar-refractivity contribution is 0.330. The molecule has 3 heteroatoms. The van der Waals surface area contributed by atoms with Crippen LogP contribution in [0.25, 0.3) is 0 Å². The fourth-order valence-corrected chi connectivity index (χ4v) is 0.420. The predicted molar refractivity (Wildman–Crippen MR) is 52.0 cm³/mol. The normalized spacial score (nSPS) is 10.2. The van der Waals surface area contributed by atoms with E-state index < -0.39 is 0 Å². The van der Waals surface area contributed by atoms with Gasteiger partial charge in [-0.15, -0.1) is 0 Å². The molecule has 1 N–H and O–H groups in total. The lowest BCUT2D eigenvalue weighted by Crippen LogP contribution is -1.85. The molecule has 0 aromatic rings. The average molecular weight is 218 g/mol. The van der Waals surface area contributed by atoms with Crippen LogP contribution in [0.5, 0.6) is 0 Å². The Bertz CT molecular complexity index is 202. The van der Waals surface area contributed by atoms with Crippen molar-refractivity contribution in [3.8, 4) is 0 Å². The highest BCUT2D eigenvalue weighted by Crippen LogP contribution is 2.08. The highest BCUT2D eigenvalue weighted by Gasteiger charge is 1.89. The quantitative estimate of drug-likeness (QED) is 0.724. The van der Waals surface area contributed by atoms with Crippen molar-refractivity contribution < 1.29 is 5.11 Å². The minimum Gasteiger partial charge on any atom is -0.390 e. The molecule has 62 valence electrons. The van der Waals surface area contributed by atoms with Gasteiger partial charge in [-0.2, -0.15) is 0 Å². The van der Waals surface area contributed by atoms with Crippen molar-refractivity contribution in [1.29, 1.82) is 0 Å². The molecule has 0 aliphatic carbocycles. The number of halogens is 1. The summed E-state index contributed by atoms with van der Waals surface area (Å²) < 4.78 is 0.923. The zero-order valence-corrected chi connectivity index (χ0v) is 8.35. The van der Waals surface area contributed by atoms with Gasteiger partial charge in [0.15, 0.2) is 0 Å². The molecule has 0 aromatic heterocycles. The van der Waals surface area contributed by atoms with Crippen LogP contribution >= 0.6 is 15.9 Å². The van der Waals surface area contributed by atoms with Crippen LogP contribution in [0.2, 0.25) is 0 Å². The molecular weight excluding hydrogens is 206 g/mol. The molecule has 2 nitrogen and oxygen atoms in total. The molecule has 0 saturated carbocycles. The van der Waals surface area contributed by atoms with Crippen molar-refractivity contribution in [2.24, 2.45) is 4.99 Å². The van der Waals surface area contributed by atoms with Crippen LogP contribution in [0.15, 0.2) is 27.3 Å². The summed E-state index contributed by atoms with van der Waals surface area (Å²) >= 11 is 3.31. The Labute approximate surface area is 75.5 Å². The summed E-state index contributed by atoms with van der Waals surface area (Å²) in [7, 11) is 0. The second-order valence-corrected chi connectivity index (χ2v) is 3.18. The highest BCUT2D eigenvalue weighted by molar-refractivity contribution is 9.12. The van der Waals surface area contributed by atoms with E-state index >= 15 is 0 Å². The van der Waals surface area contributed by atoms with E-state index in [1.165, 1.54) is 0 Å². The standard InChI is InChI=1S/C8H12BrNO/c1-6(2)8(9)4-10-7(3)5-11/h4,11H,3,5H2,1-2H3/b10-4-. The first kappa shape index (κ1) is 10.6. The van der Waals surface area contributed by atoms with E-state index in [9.17, 15) is 0 Å². The minimum absolute atomic E-state index is 0.0977. The second kappa shape index (κ2) is 5.27. The van der Waals surface area contributed by atoms with E-state index in [1.54, 1.807) is 6.21 Å². The fourth-order valence-electron chi connectivity index (χ4n) is 0.318. The Balaban J connectivity index is 4.15. The summed E-state index contributed by atoms with van der Waals surface area (Å²) in [5, 5.41) is 8.54. The van der Waals surface area contributed by atoms with Gasteiger partial charge in [0.1, 0.15) is 0 Å². The number of nitrogens with zero attached hydrogens (tertiary/aromatic N) is 1. The van der Waals surface area contributed by atoms with Crippen LogP contribution in [0, 0.1) is 0 Å². The Morgan fingerprint density at radius 2 is 2.18 bits per heavy atom. The van der Waals surface area contributed by atoms with E-state index in [0.29, 0.717) is 5.70 Å². The third kappa shape index (κ3) is 4.93. The lowest BCUT2D eigenvalue weighted by Gasteiger charge is -1.93. The number of allylic oxidation sites excluding steroid dienone is 2. The molecule has 0 bridgehead atoms. The van der Waals surface area contributed by atoms with Gasteiger partial charge in [-0.1, -0.05) is 12.2 Å². The monoisotopic (exact) mass is 217 g/mol. The molecule has 0 spiro atoms. The number of hydrogen-bond acceptors (Lipinski definition) is 2. The predicted octanol–water partition coefficient (Wildman–Crippen LogP) is 2.25. The van der Waals surface area contributed by atoms with Gasteiger partial charge in [0.05, 0.1) is 12.3 Å². The summed E-state index contributed by atoms with van der Waals surface area (Å²) in [6, 6.07) is 0. The van der Waals surface area contributed by atoms with Crippen LogP contribution in [-0.2, 0) is 0 Å². The van der Waals surface area contributed by atoms with E-state index in [-0.39, 0.29) is 6.61 Å². The van der Waals surface area contributed by atoms with Crippen LogP contribution < -0.4 is 0 Å². The maximum Gasteiger partial charge on any atom is 0.0846 e. The Morgan fingerprint density at radius 1 is 1.64 bits per heavy atom. The molecule has 0 amide bonds. The molecular formula is C8H12BrNO. The topological polar surface area (TPSA) is 32.6 Å². The molecule has 11 heavy (non-hydrogen) atoms. The van der Waals surface area contributed by atoms with Crippen molar-refractivity contribution >= 4 is 22.1 Å². The minimum atomic E-state index is -0.0977. The maximum atomic E-state index is 8.54. The van der Waals surface area contributed by atoms with Crippen molar-refractivity contribution in [3.63, 3.8) is 0 Å². The van der Waals surface area contributed by atoms with Crippen LogP contribution in [-0.4, -0.2) is 17.9 Å². The van der Waals surface area contributed by atoms with Crippen molar-refractivity contribution in [2.75, 3.05) is 6.61 Å². The number of aliphatic hydroxyl groups excluding tert-OH is 1. The van der Waals surface area contributed by atoms with Crippen LogP contribution in [0.3, 0.4) is 0 Å². The van der Waals surface area contributed by atoms with E-state index in [4.69, 9.17) is 5.11 Å². The van der Waals surface area contributed by atoms with E-state index in [1.807, 2.05) is 13.8 Å². The summed E-state index contributed by atoms with van der Waals surface area (Å²) in [6.07, 6.45) is 1.63. The molecule has 0 aliphatic rings. The number of aliphatic imine (C=N–C) groups is 1. The third-order valence-corrected chi connectivity index (χ3v) is 2.02. The van der Waals surface area contributed by atoms with Crippen LogP contribution in [0.4, 0.5) is 0 Å². The number of aliphatic hydroxyl groups is 1. The Hall–Kier alpha value is -0.410. The fraction of sp³-hybridized carbons (Fsp3) is 0.375. The summed E-state index contributed by atoms with van der Waals surface area (Å²) in [5.41, 5.74) is 1.60. The van der Waals surface area contributed by atoms with Gasteiger partial charge in [-0.25, -0.2) is 0 Å². The first-order chi connectivity index (χ1) is 5.07. The van der Waals surface area contributed by atoms with E-state index in [2.05, 4.69) is 27.5 Å². The number of hydrogen-bond donors (Lipinski definition) is 1. The van der Waals surface area contributed by atoms with Gasteiger partial charge in [-0.05, 0) is 29.8 Å². The Kier molecular flexibility index (Phi) is 5.07. The van der Waals surface area contributed by atoms with Crippen LogP contribution in [0.1, 0.15) is 13.8 Å². The smallest absolute Gasteiger partial charge is 0.0846 e. The van der Waals surface area contributed by atoms with Gasteiger partial charge >= 0.3 is 0 Å². The second-order valence-electron chi connectivity index (χ2n) is 2.33. The van der Waals surface area contributed by atoms with Crippen molar-refractivity contribution in [1.82, 2.24) is 0 Å². The molecule has 0 unspecified atom stereocenters. The summed E-state index contributed by atoms with van der Waals surface area (Å²) in [4.78, 5) is 3.89. The van der Waals surface area contributed by atoms with Gasteiger partial charge in [0.2, 0.25) is 0 Å². The maximum absolute atomic E-state index is 8.54. The molecule has 0 saturated heterocycles. The van der Waals surface area contributed by atoms with Gasteiger partial charge < -0.3 is 5.11 Å². The number of rotatable bonds is 3. The van der Waals surface area contributed by atoms with Crippen molar-refractivity contribution in [3.05, 3.63) is 22.3 Å². The Morgan fingerprint density at radius 3 is 2.55 bits per heavy atom. The molecule has 0 aromatic carbocycles. The average Bonchev–Trinajstić information content (AvgIpc) is 1.99. The van der Waals surface area contributed by atoms with Gasteiger partial charge in [-0.3, -0.25) is 4.99 Å². The largest absolute Gasteiger partial charge is 0.390 e. The first-order valence-corrected chi connectivity index (χ1v) is 4.03. The zero-order chi connectivity index (χ0) is 8.85. The third-order valence-electron chi connectivity index (χ3n) is 1.02. The van der Waals surface area contributed by atoms with Crippen molar-refractivity contribution in [2.45, 2.75) is 13.8 Å². The first-order valence-electron chi connectivity index (χ1n) is 3.23. The SMILES string of the molecule is C=C(CO)/N=C\C(Br)=C(C)C. The molecule has 0 heterocycles. The molecule has 0 atom stereocenters. The summed E-state index contributed by atoms with van der Waals surface area (Å²) in [5.74, 6) is 0. The molecule has 0 aliphatic heterocycles. The molecule has 0 rings (SSSR count). The summed E-state index contributed by atoms with van der Waals surface area (Å²) in [6.45, 7) is 7.36.